The Hall–Kier alpha value is -2.45. The molecule has 0 aromatic heterocycles. The summed E-state index contributed by atoms with van der Waals surface area (Å²) in [5.74, 6) is -0.718. The lowest BCUT2D eigenvalue weighted by Gasteiger charge is -2.25. The molecule has 2 aliphatic rings. The molecule has 7 heteroatoms. The quantitative estimate of drug-likeness (QED) is 0.655. The molecule has 0 N–H and O–H groups in total. The maximum absolute atomic E-state index is 14.0. The number of carbonyl (C=O) groups excluding carboxylic acids is 1. The van der Waals surface area contributed by atoms with Gasteiger partial charge in [-0.2, -0.15) is 0 Å². The van der Waals surface area contributed by atoms with Crippen LogP contribution < -0.4 is 0 Å². The Balaban J connectivity index is 1.63. The molecule has 0 amide bonds. The Bertz CT molecular complexity index is 1040. The third-order valence-corrected chi connectivity index (χ3v) is 6.43. The summed E-state index contributed by atoms with van der Waals surface area (Å²) < 4.78 is 30.9. The van der Waals surface area contributed by atoms with Crippen LogP contribution in [-0.4, -0.2) is 48.1 Å². The highest BCUT2D eigenvalue weighted by molar-refractivity contribution is 7.90. The summed E-state index contributed by atoms with van der Waals surface area (Å²) >= 11 is -1.04. The molecule has 31 heavy (non-hydrogen) atoms. The fourth-order valence-corrected chi connectivity index (χ4v) is 4.38. The van der Waals surface area contributed by atoms with Gasteiger partial charge in [-0.15, -0.1) is 5.06 Å². The lowest BCUT2D eigenvalue weighted by Crippen LogP contribution is -2.37. The summed E-state index contributed by atoms with van der Waals surface area (Å²) in [6.07, 6.45) is 3.71. The molecule has 162 valence electrons. The number of hydrogen-bond donors (Lipinski definition) is 0. The van der Waals surface area contributed by atoms with E-state index in [1.54, 1.807) is 17.4 Å². The van der Waals surface area contributed by atoms with Crippen molar-refractivity contribution in [1.82, 2.24) is 5.06 Å². The number of benzene rings is 2. The predicted octanol–water partition coefficient (Wildman–Crippen LogP) is 4.07. The van der Waals surface area contributed by atoms with Crippen LogP contribution in [0.1, 0.15) is 30.0 Å². The number of carbonyl (C=O) groups is 1. The number of fused-ring (bicyclic) bond motifs is 1. The molecule has 1 fully saturated rings. The topological polar surface area (TPSA) is 61.8 Å². The largest absolute Gasteiger partial charge is 0.612 e. The van der Waals surface area contributed by atoms with Gasteiger partial charge in [0.1, 0.15) is 12.1 Å². The molecule has 2 aromatic carbocycles. The number of morpholine rings is 1. The van der Waals surface area contributed by atoms with Crippen LogP contribution in [0.15, 0.2) is 52.9 Å². The highest BCUT2D eigenvalue weighted by Gasteiger charge is 2.27. The Morgan fingerprint density at radius 3 is 2.58 bits per heavy atom. The molecule has 5 nitrogen and oxygen atoms in total. The van der Waals surface area contributed by atoms with Crippen LogP contribution in [-0.2, 0) is 25.5 Å². The zero-order valence-corrected chi connectivity index (χ0v) is 18.3. The first-order chi connectivity index (χ1) is 14.9. The number of hydroxylamine groups is 2. The molecule has 0 radical (unpaired) electrons. The monoisotopic (exact) mass is 441 g/mol. The molecule has 1 aliphatic heterocycles. The van der Waals surface area contributed by atoms with E-state index in [1.165, 1.54) is 12.1 Å². The van der Waals surface area contributed by atoms with Crippen LogP contribution in [0.5, 0.6) is 0 Å². The van der Waals surface area contributed by atoms with Gasteiger partial charge in [0.05, 0.1) is 32.7 Å². The van der Waals surface area contributed by atoms with Gasteiger partial charge >= 0.3 is 5.97 Å². The van der Waals surface area contributed by atoms with E-state index in [9.17, 15) is 13.7 Å². The molecule has 1 atom stereocenters. The van der Waals surface area contributed by atoms with Gasteiger partial charge in [-0.05, 0) is 94.0 Å². The highest BCUT2D eigenvalue weighted by atomic mass is 32.2. The first kappa shape index (κ1) is 21.8. The second-order valence-electron chi connectivity index (χ2n) is 7.56. The van der Waals surface area contributed by atoms with Crippen molar-refractivity contribution in [1.29, 1.82) is 0 Å². The number of hydrogen-bond acceptors (Lipinski definition) is 5. The molecule has 0 spiro atoms. The van der Waals surface area contributed by atoms with Crippen molar-refractivity contribution in [2.24, 2.45) is 0 Å². The molecule has 1 unspecified atom stereocenters. The third kappa shape index (κ3) is 4.91. The van der Waals surface area contributed by atoms with E-state index in [0.29, 0.717) is 31.9 Å². The summed E-state index contributed by atoms with van der Waals surface area (Å²) in [5.41, 5.74) is 5.17. The van der Waals surface area contributed by atoms with Crippen molar-refractivity contribution in [2.45, 2.75) is 18.2 Å². The summed E-state index contributed by atoms with van der Waals surface area (Å²) in [5, 5.41) is 1.61. The van der Waals surface area contributed by atoms with Crippen LogP contribution in [0.4, 0.5) is 4.39 Å². The number of nitrogens with zero attached hydrogens (tertiary/aromatic N) is 1. The van der Waals surface area contributed by atoms with E-state index in [0.717, 1.165) is 32.7 Å². The molecular formula is C24H24FNO4S. The fourth-order valence-electron chi connectivity index (χ4n) is 3.86. The van der Waals surface area contributed by atoms with Gasteiger partial charge in [-0.1, -0.05) is 6.07 Å². The summed E-state index contributed by atoms with van der Waals surface area (Å²) in [4.78, 5) is 18.8. The minimum absolute atomic E-state index is 0.0603. The maximum atomic E-state index is 14.0. The van der Waals surface area contributed by atoms with E-state index in [1.807, 2.05) is 37.3 Å². The zero-order chi connectivity index (χ0) is 22.0. The smallest absolute Gasteiger partial charge is 0.329 e. The lowest BCUT2D eigenvalue weighted by atomic mass is 10.0. The van der Waals surface area contributed by atoms with Gasteiger partial charge in [0, 0.05) is 0 Å². The van der Waals surface area contributed by atoms with E-state index in [-0.39, 0.29) is 18.2 Å². The molecule has 1 heterocycles. The second kappa shape index (κ2) is 9.36. The average Bonchev–Trinajstić information content (AvgIpc) is 3.00. The van der Waals surface area contributed by atoms with Gasteiger partial charge in [-0.3, -0.25) is 0 Å². The van der Waals surface area contributed by atoms with Crippen molar-refractivity contribution in [3.63, 3.8) is 0 Å². The molecule has 1 aliphatic carbocycles. The van der Waals surface area contributed by atoms with Gasteiger partial charge in [-0.25, -0.2) is 9.18 Å². The van der Waals surface area contributed by atoms with Gasteiger partial charge in [0.25, 0.3) is 0 Å². The summed E-state index contributed by atoms with van der Waals surface area (Å²) in [6, 6.07) is 12.1. The van der Waals surface area contributed by atoms with Crippen molar-refractivity contribution in [3.8, 4) is 0 Å². The Labute approximate surface area is 184 Å². The summed E-state index contributed by atoms with van der Waals surface area (Å²) in [7, 11) is 0. The average molecular weight is 442 g/mol. The Kier molecular flexibility index (Phi) is 6.57. The Morgan fingerprint density at radius 1 is 1.19 bits per heavy atom. The van der Waals surface area contributed by atoms with E-state index >= 15 is 0 Å². The maximum Gasteiger partial charge on any atom is 0.329 e. The highest BCUT2D eigenvalue weighted by Crippen LogP contribution is 2.44. The molecular weight excluding hydrogens is 417 g/mol. The second-order valence-corrected chi connectivity index (χ2v) is 8.94. The Morgan fingerprint density at radius 2 is 1.90 bits per heavy atom. The minimum Gasteiger partial charge on any atom is -0.612 e. The normalized spacial score (nSPS) is 18.9. The fraction of sp³-hybridized carbons (Fsp3) is 0.292. The van der Waals surface area contributed by atoms with E-state index in [4.69, 9.17) is 9.57 Å². The summed E-state index contributed by atoms with van der Waals surface area (Å²) in [6.45, 7) is 4.08. The zero-order valence-electron chi connectivity index (χ0n) is 17.5. The molecule has 0 saturated carbocycles. The minimum atomic E-state index is -1.04. The van der Waals surface area contributed by atoms with Crippen molar-refractivity contribution in [3.05, 3.63) is 70.5 Å². The lowest BCUT2D eigenvalue weighted by molar-refractivity contribution is -0.204. The van der Waals surface area contributed by atoms with Crippen LogP contribution in [0.2, 0.25) is 0 Å². The van der Waals surface area contributed by atoms with Crippen LogP contribution in [0, 0.1) is 5.82 Å². The van der Waals surface area contributed by atoms with E-state index < -0.39 is 11.2 Å². The molecule has 2 aromatic rings. The number of ether oxygens (including phenoxy) is 1. The van der Waals surface area contributed by atoms with Crippen molar-refractivity contribution in [2.75, 3.05) is 32.6 Å². The van der Waals surface area contributed by atoms with Gasteiger partial charge in [0.2, 0.25) is 0 Å². The number of allylic oxidation sites excluding steroid dienone is 2. The number of rotatable bonds is 5. The first-order valence-corrected chi connectivity index (χ1v) is 11.7. The van der Waals surface area contributed by atoms with Crippen molar-refractivity contribution >= 4 is 34.4 Å². The van der Waals surface area contributed by atoms with Crippen LogP contribution in [0.3, 0.4) is 0 Å². The number of halogens is 1. The molecule has 1 saturated heterocycles. The SMILES string of the molecule is CC1=C(CC(=O)ON2CCOCC2)c2cc(F)ccc2/C1=C\c1ccc([S+](C)[O-])cc1. The van der Waals surface area contributed by atoms with Gasteiger partial charge < -0.3 is 14.1 Å². The third-order valence-electron chi connectivity index (χ3n) is 5.50. The van der Waals surface area contributed by atoms with Crippen LogP contribution >= 0.6 is 0 Å². The predicted molar refractivity (Wildman–Crippen MR) is 119 cm³/mol. The van der Waals surface area contributed by atoms with Crippen molar-refractivity contribution < 1.29 is 23.3 Å². The van der Waals surface area contributed by atoms with Gasteiger partial charge in [0.15, 0.2) is 4.90 Å². The standard InChI is InChI=1S/C24H24FNO4S/c1-16-21(13-17-3-6-19(7-4-17)31(2)28)20-8-5-18(25)14-23(20)22(16)15-24(27)30-26-9-11-29-12-10-26/h3-8,13-14H,9-12,15H2,1-2H3/b21-13-. The molecule has 4 rings (SSSR count). The molecule has 0 bridgehead atoms. The first-order valence-electron chi connectivity index (χ1n) is 10.1. The van der Waals surface area contributed by atoms with Crippen LogP contribution in [0.25, 0.3) is 17.2 Å². The van der Waals surface area contributed by atoms with E-state index in [2.05, 4.69) is 0 Å².